The largest absolute Gasteiger partial charge is 1.00 e. The van der Waals surface area contributed by atoms with Crippen LogP contribution < -0.4 is 29.6 Å². The van der Waals surface area contributed by atoms with E-state index in [1.807, 2.05) is 27.7 Å². The number of halogens is 4. The van der Waals surface area contributed by atoms with E-state index in [9.17, 15) is 8.96 Å². The summed E-state index contributed by atoms with van der Waals surface area (Å²) in [4.78, 5) is 0. The summed E-state index contributed by atoms with van der Waals surface area (Å²) in [6.07, 6.45) is 53.9. The molecule has 0 radical (unpaired) electrons. The summed E-state index contributed by atoms with van der Waals surface area (Å²) in [7, 11) is -4.35. The molecule has 0 spiro atoms. The van der Waals surface area contributed by atoms with Gasteiger partial charge in [-0.05, 0) is 66.2 Å². The Morgan fingerprint density at radius 3 is 1.02 bits per heavy atom. The zero-order valence-electron chi connectivity index (χ0n) is 39.4. The van der Waals surface area contributed by atoms with E-state index in [0.29, 0.717) is 26.4 Å². The fourth-order valence-corrected chi connectivity index (χ4v) is 8.60. The average molecular weight is 1070 g/mol. The molecule has 5 nitrogen and oxygen atoms in total. The van der Waals surface area contributed by atoms with Crippen LogP contribution >= 0.6 is 63.8 Å². The zero-order chi connectivity index (χ0) is 45.1. The standard InChI is InChI=1S/C15H29O2P.C12H21Br.C10H20Br2.C6H15O3P.C2H.CH3F.Na/c1-4-6-7-8-9-10-11-12-13-14-15-18(3,16)17-5-2;1-2-3-4-5-6-7-8-9-10-11-12-13;11-9-7-5-3-1-2-4-6-8-10-12;1-4-7-10(8-5-2)9-6-3;2*1-2;/h1H,5-15H2,2-3H3;1H,3-12H2;1-10H2;4-6H2,1-3H3;1H;1H3;/q;;;;-1;;+1/i;;;;;1D;. The van der Waals surface area contributed by atoms with Gasteiger partial charge in [0.15, 0.2) is 7.37 Å². The van der Waals surface area contributed by atoms with Crippen molar-refractivity contribution >= 4 is 63.8 Å². The molecule has 0 aliphatic carbocycles. The van der Waals surface area contributed by atoms with Gasteiger partial charge in [0.05, 0.1) is 35.0 Å². The van der Waals surface area contributed by atoms with Crippen molar-refractivity contribution in [3.8, 4) is 31.1 Å². The van der Waals surface area contributed by atoms with Crippen molar-refractivity contribution in [1.82, 2.24) is 0 Å². The number of terminal acetylenes is 3. The van der Waals surface area contributed by atoms with Crippen molar-refractivity contribution in [3.05, 3.63) is 6.42 Å². The van der Waals surface area contributed by atoms with Crippen LogP contribution in [0.25, 0.3) is 0 Å². The zero-order valence-corrected chi connectivity index (χ0v) is 47.0. The summed E-state index contributed by atoms with van der Waals surface area (Å²) in [5.74, 6) is 5.35. The van der Waals surface area contributed by atoms with E-state index in [-0.39, 0.29) is 29.6 Å². The smallest absolute Gasteiger partial charge is 0.697 e. The number of unbranched alkanes of at least 4 members (excludes halogenated alkanes) is 23. The van der Waals surface area contributed by atoms with Gasteiger partial charge in [0.25, 0.3) is 0 Å². The predicted octanol–water partition coefficient (Wildman–Crippen LogP) is 14.6. The van der Waals surface area contributed by atoms with Crippen LogP contribution in [0.15, 0.2) is 0 Å². The van der Waals surface area contributed by atoms with Crippen LogP contribution in [0.2, 0.25) is 0 Å². The Labute approximate surface area is 412 Å². The Morgan fingerprint density at radius 1 is 0.552 bits per heavy atom. The van der Waals surface area contributed by atoms with E-state index < -0.39 is 23.1 Å². The van der Waals surface area contributed by atoms with E-state index in [0.717, 1.165) is 30.8 Å². The molecule has 0 saturated carbocycles. The minimum atomic E-state index is -2.29. The first-order chi connectivity index (χ1) is 28.2. The van der Waals surface area contributed by atoms with Gasteiger partial charge in [-0.25, -0.2) is 0 Å². The second-order valence-corrected chi connectivity index (χ2v) is 19.4. The first-order valence-corrected chi connectivity index (χ1v) is 28.5. The summed E-state index contributed by atoms with van der Waals surface area (Å²) in [6.45, 7) is 11.9. The SMILES string of the molecule is BrCCCCCCCCCCBr.C#CCCCCCCCCCCBr.C#CCCCCCCCCCCP(C)(=O)OCC.CCOP(OCC)OCC.[2H]CF.[C-]#C.[Na+]. The molecular formula is C46H89Br3FNaO5P2. The van der Waals surface area contributed by atoms with E-state index in [1.165, 1.54) is 158 Å². The van der Waals surface area contributed by atoms with Gasteiger partial charge in [0, 0.05) is 41.7 Å². The van der Waals surface area contributed by atoms with Gasteiger partial charge in [-0.3, -0.25) is 8.96 Å². The van der Waals surface area contributed by atoms with Crippen LogP contribution in [0.3, 0.4) is 0 Å². The topological polar surface area (TPSA) is 54.0 Å². The Bertz CT molecular complexity index is 833. The molecule has 1 atom stereocenters. The molecule has 0 heterocycles. The van der Waals surface area contributed by atoms with Crippen molar-refractivity contribution in [2.75, 3.05) is 62.4 Å². The fraction of sp³-hybridized carbons (Fsp3) is 0.870. The number of alkyl halides is 4. The molecule has 12 heteroatoms. The first kappa shape index (κ1) is 71.2. The Kier molecular flexibility index (Phi) is 93.1. The van der Waals surface area contributed by atoms with Crippen LogP contribution in [0.5, 0.6) is 0 Å². The molecular weight excluding hydrogens is 976 g/mol. The summed E-state index contributed by atoms with van der Waals surface area (Å²) in [5, 5.41) is 3.52. The van der Waals surface area contributed by atoms with Crippen LogP contribution in [-0.2, 0) is 22.7 Å². The van der Waals surface area contributed by atoms with Crippen LogP contribution in [0.1, 0.15) is 196 Å². The van der Waals surface area contributed by atoms with Crippen molar-refractivity contribution in [2.45, 2.75) is 195 Å². The molecule has 1 unspecified atom stereocenters. The molecule has 0 aromatic rings. The van der Waals surface area contributed by atoms with E-state index in [1.54, 1.807) is 6.66 Å². The average Bonchev–Trinajstić information content (AvgIpc) is 3.21. The number of rotatable bonds is 36. The Morgan fingerprint density at radius 2 is 0.793 bits per heavy atom. The monoisotopic (exact) mass is 1060 g/mol. The van der Waals surface area contributed by atoms with E-state index in [4.69, 9.17) is 38.7 Å². The quantitative estimate of drug-likeness (QED) is 0.0156. The molecule has 0 aliphatic rings. The maximum Gasteiger partial charge on any atom is 1.00 e. The maximum atomic E-state index is 11.8. The van der Waals surface area contributed by atoms with Gasteiger partial charge in [-0.2, -0.15) is 0 Å². The van der Waals surface area contributed by atoms with Gasteiger partial charge >= 0.3 is 38.2 Å². The summed E-state index contributed by atoms with van der Waals surface area (Å²) >= 11 is 10.3. The van der Waals surface area contributed by atoms with Crippen LogP contribution in [0.4, 0.5) is 4.39 Å². The molecule has 0 N–H and O–H groups in total. The number of hydrogen-bond donors (Lipinski definition) is 0. The van der Waals surface area contributed by atoms with Gasteiger partial charge in [0.1, 0.15) is 0 Å². The van der Waals surface area contributed by atoms with Crippen molar-refractivity contribution in [2.24, 2.45) is 0 Å². The molecule has 0 aromatic heterocycles. The van der Waals surface area contributed by atoms with Crippen LogP contribution in [-0.4, -0.2) is 62.4 Å². The molecule has 0 saturated heterocycles. The molecule has 58 heavy (non-hydrogen) atoms. The van der Waals surface area contributed by atoms with Gasteiger partial charge < -0.3 is 30.9 Å². The molecule has 342 valence electrons. The minimum absolute atomic E-state index is 0. The molecule has 0 aromatic carbocycles. The second-order valence-electron chi connectivity index (χ2n) is 13.1. The Hall–Kier alpha value is 1.55. The third-order valence-corrected chi connectivity index (χ3v) is 13.0. The van der Waals surface area contributed by atoms with Crippen molar-refractivity contribution in [1.29, 1.82) is 0 Å². The second kappa shape index (κ2) is 75.9. The summed E-state index contributed by atoms with van der Waals surface area (Å²) < 4.78 is 48.0. The Balaban J connectivity index is -0.000000119. The van der Waals surface area contributed by atoms with Gasteiger partial charge in [0.2, 0.25) is 0 Å². The van der Waals surface area contributed by atoms with Gasteiger partial charge in [-0.15, -0.1) is 24.7 Å². The molecule has 0 aliphatic heterocycles. The summed E-state index contributed by atoms with van der Waals surface area (Å²) in [5.41, 5.74) is 0. The first-order valence-electron chi connectivity index (χ1n) is 22.5. The number of hydrogen-bond acceptors (Lipinski definition) is 5. The maximum absolute atomic E-state index is 11.8. The van der Waals surface area contributed by atoms with Crippen LogP contribution in [0, 0.1) is 37.5 Å². The third-order valence-electron chi connectivity index (χ3n) is 7.96. The molecule has 0 amide bonds. The third kappa shape index (κ3) is 84.9. The van der Waals surface area contributed by atoms with E-state index >= 15 is 0 Å². The van der Waals surface area contributed by atoms with Crippen molar-refractivity contribution < 1.29 is 58.0 Å². The molecule has 0 bridgehead atoms. The fourth-order valence-electron chi connectivity index (χ4n) is 5.08. The van der Waals surface area contributed by atoms with E-state index in [2.05, 4.69) is 66.1 Å². The molecule has 0 fully saturated rings. The van der Waals surface area contributed by atoms with Gasteiger partial charge in [-0.1, -0.05) is 163 Å². The summed E-state index contributed by atoms with van der Waals surface area (Å²) in [6, 6.07) is 0. The minimum Gasteiger partial charge on any atom is -0.697 e. The molecule has 0 rings (SSSR count). The van der Waals surface area contributed by atoms with Crippen molar-refractivity contribution in [3.63, 3.8) is 0 Å². The predicted molar refractivity (Wildman–Crippen MR) is 266 cm³/mol. The normalized spacial score (nSPS) is 11.0.